The molecule has 0 rings (SSSR count). The van der Waals surface area contributed by atoms with Gasteiger partial charge in [-0.05, 0) is 0 Å². The average Bonchev–Trinajstić information content (AvgIpc) is 1.38. The first-order chi connectivity index (χ1) is 2.27. The third-order valence-electron chi connectivity index (χ3n) is 0.218. The van der Waals surface area contributed by atoms with Gasteiger partial charge >= 0.3 is 41.5 Å². The van der Waals surface area contributed by atoms with Crippen LogP contribution in [0.2, 0.25) is 0 Å². The summed E-state index contributed by atoms with van der Waals surface area (Å²) in [6, 6.07) is 0. The molecule has 0 nitrogen and oxygen atoms in total. The summed E-state index contributed by atoms with van der Waals surface area (Å²) >= 11 is 0.0387. The van der Waals surface area contributed by atoms with E-state index in [0.717, 1.165) is 4.09 Å². The summed E-state index contributed by atoms with van der Waals surface area (Å²) in [4.78, 5) is 0. The third kappa shape index (κ3) is 4.40. The standard InChI is InChI=1S/C2HF2.Sn.3H/c1-2(3)4;;;;/h1H;;;;. The van der Waals surface area contributed by atoms with E-state index in [9.17, 15) is 8.78 Å². The van der Waals surface area contributed by atoms with E-state index in [-0.39, 0.29) is 22.5 Å². The number of hydrogen-bond donors (Lipinski definition) is 0. The molecule has 3 heteroatoms. The topological polar surface area (TPSA) is 0 Å². The summed E-state index contributed by atoms with van der Waals surface area (Å²) in [5, 5.41) is 0. The number of halogens is 2. The van der Waals surface area contributed by atoms with Crippen LogP contribution in [0.15, 0.2) is 10.2 Å². The summed E-state index contributed by atoms with van der Waals surface area (Å²) in [5.41, 5.74) is 0. The summed E-state index contributed by atoms with van der Waals surface area (Å²) in [6.45, 7) is 0. The van der Waals surface area contributed by atoms with Gasteiger partial charge in [-0.25, -0.2) is 0 Å². The Bertz CT molecular complexity index is 45.6. The zero-order chi connectivity index (χ0) is 4.28. The monoisotopic (exact) mass is 186 g/mol. The summed E-state index contributed by atoms with van der Waals surface area (Å²) < 4.78 is 22.3. The molecular formula is C2H4F2Sn. The SMILES string of the molecule is FC(F)=[CH][SnH3]. The van der Waals surface area contributed by atoms with Crippen molar-refractivity contribution in [2.24, 2.45) is 0 Å². The van der Waals surface area contributed by atoms with Crippen molar-refractivity contribution in [2.45, 2.75) is 0 Å². The van der Waals surface area contributed by atoms with Crippen LogP contribution in [-0.2, 0) is 0 Å². The molecule has 0 radical (unpaired) electrons. The molecule has 0 fully saturated rings. The first-order valence-electron chi connectivity index (χ1n) is 1.24. The molecule has 0 aromatic carbocycles. The molecule has 5 heavy (non-hydrogen) atoms. The predicted octanol–water partition coefficient (Wildman–Crippen LogP) is 0.0897. The Kier molecular flexibility index (Phi) is 2.84. The Morgan fingerprint density at radius 2 is 1.80 bits per heavy atom. The van der Waals surface area contributed by atoms with Crippen molar-refractivity contribution in [1.82, 2.24) is 0 Å². The Morgan fingerprint density at radius 3 is 1.80 bits per heavy atom. The summed E-state index contributed by atoms with van der Waals surface area (Å²) in [5.74, 6) is 0. The molecule has 0 aliphatic rings. The Morgan fingerprint density at radius 1 is 1.60 bits per heavy atom. The molecule has 0 aliphatic carbocycles. The van der Waals surface area contributed by atoms with Crippen molar-refractivity contribution in [3.8, 4) is 0 Å². The molecule has 0 amide bonds. The van der Waals surface area contributed by atoms with Crippen LogP contribution in [0.5, 0.6) is 0 Å². The van der Waals surface area contributed by atoms with Crippen molar-refractivity contribution < 1.29 is 8.78 Å². The van der Waals surface area contributed by atoms with E-state index in [1.54, 1.807) is 0 Å². The third-order valence-corrected chi connectivity index (χ3v) is 1.46. The van der Waals surface area contributed by atoms with Gasteiger partial charge < -0.3 is 0 Å². The second-order valence-electron chi connectivity index (χ2n) is 0.578. The van der Waals surface area contributed by atoms with Crippen LogP contribution < -0.4 is 0 Å². The zero-order valence-corrected chi connectivity index (χ0v) is 8.54. The molecule has 0 atom stereocenters. The van der Waals surface area contributed by atoms with Crippen LogP contribution in [0, 0.1) is 0 Å². The van der Waals surface area contributed by atoms with Gasteiger partial charge in [-0.3, -0.25) is 0 Å². The molecule has 0 saturated heterocycles. The summed E-state index contributed by atoms with van der Waals surface area (Å²) in [6.07, 6.45) is -1.53. The Labute approximate surface area is 42.0 Å². The molecule has 0 aromatic heterocycles. The molecule has 0 aliphatic heterocycles. The predicted molar refractivity (Wildman–Crippen MR) is 20.2 cm³/mol. The maximum absolute atomic E-state index is 10.7. The molecular weight excluding hydrogens is 181 g/mol. The van der Waals surface area contributed by atoms with Gasteiger partial charge in [0.05, 0.1) is 0 Å². The fourth-order valence-electron chi connectivity index (χ4n) is 0. The number of rotatable bonds is 0. The number of hydrogen-bond acceptors (Lipinski definition) is 0. The first kappa shape index (κ1) is 5.40. The zero-order valence-electron chi connectivity index (χ0n) is 2.83. The van der Waals surface area contributed by atoms with Crippen molar-refractivity contribution in [3.63, 3.8) is 0 Å². The second kappa shape index (κ2) is 2.63. The van der Waals surface area contributed by atoms with E-state index in [0.29, 0.717) is 0 Å². The Balaban J connectivity index is 3.14. The van der Waals surface area contributed by atoms with E-state index in [1.165, 1.54) is 0 Å². The van der Waals surface area contributed by atoms with Crippen LogP contribution in [0.25, 0.3) is 0 Å². The first-order valence-corrected chi connectivity index (χ1v) is 4.54. The van der Waals surface area contributed by atoms with Crippen LogP contribution in [0.4, 0.5) is 8.78 Å². The van der Waals surface area contributed by atoms with Gasteiger partial charge in [0.25, 0.3) is 0 Å². The molecule has 0 N–H and O–H groups in total. The average molecular weight is 185 g/mol. The van der Waals surface area contributed by atoms with Crippen LogP contribution in [-0.4, -0.2) is 22.5 Å². The fourth-order valence-corrected chi connectivity index (χ4v) is 0. The molecule has 0 bridgehead atoms. The van der Waals surface area contributed by atoms with Gasteiger partial charge in [0, 0.05) is 0 Å². The van der Waals surface area contributed by atoms with E-state index >= 15 is 0 Å². The van der Waals surface area contributed by atoms with Crippen molar-refractivity contribution in [1.29, 1.82) is 0 Å². The van der Waals surface area contributed by atoms with Crippen LogP contribution in [0.1, 0.15) is 0 Å². The van der Waals surface area contributed by atoms with Gasteiger partial charge in [0.1, 0.15) is 0 Å². The minimum atomic E-state index is -1.53. The van der Waals surface area contributed by atoms with Gasteiger partial charge in [-0.1, -0.05) is 0 Å². The van der Waals surface area contributed by atoms with E-state index in [1.807, 2.05) is 0 Å². The normalized spacial score (nSPS) is 7.60. The molecule has 0 spiro atoms. The van der Waals surface area contributed by atoms with Crippen LogP contribution in [0.3, 0.4) is 0 Å². The second-order valence-corrected chi connectivity index (χ2v) is 2.23. The van der Waals surface area contributed by atoms with Crippen molar-refractivity contribution in [2.75, 3.05) is 0 Å². The summed E-state index contributed by atoms with van der Waals surface area (Å²) in [7, 11) is 0. The molecule has 0 unspecified atom stereocenters. The molecule has 0 aromatic rings. The van der Waals surface area contributed by atoms with Gasteiger partial charge in [-0.15, -0.1) is 0 Å². The quantitative estimate of drug-likeness (QED) is 0.469. The van der Waals surface area contributed by atoms with Crippen LogP contribution >= 0.6 is 0 Å². The van der Waals surface area contributed by atoms with Gasteiger partial charge in [-0.2, -0.15) is 0 Å². The fraction of sp³-hybridized carbons (Fsp3) is 0. The van der Waals surface area contributed by atoms with E-state index in [2.05, 4.69) is 0 Å². The van der Waals surface area contributed by atoms with E-state index in [4.69, 9.17) is 0 Å². The van der Waals surface area contributed by atoms with Gasteiger partial charge in [0.15, 0.2) is 0 Å². The molecule has 30 valence electrons. The Hall–Kier alpha value is 0.399. The van der Waals surface area contributed by atoms with Gasteiger partial charge in [0.2, 0.25) is 0 Å². The maximum atomic E-state index is 10.7. The molecule has 0 heterocycles. The minimum absolute atomic E-state index is 0.0387. The van der Waals surface area contributed by atoms with Crippen molar-refractivity contribution in [3.05, 3.63) is 10.2 Å². The van der Waals surface area contributed by atoms with Crippen molar-refractivity contribution >= 4 is 22.5 Å². The van der Waals surface area contributed by atoms with E-state index < -0.39 is 6.08 Å². The molecule has 0 saturated carbocycles.